The molecular formula is C12H14ClNO4. The Morgan fingerprint density at radius 3 is 2.50 bits per heavy atom. The quantitative estimate of drug-likeness (QED) is 0.768. The molecule has 5 nitrogen and oxygen atoms in total. The number of aliphatic hydroxyl groups excluding tert-OH is 1. The minimum atomic E-state index is -1.37. The summed E-state index contributed by atoms with van der Waals surface area (Å²) < 4.78 is 0. The fraction of sp³-hybridized carbons (Fsp3) is 0.333. The maximum Gasteiger partial charge on any atom is 0.328 e. The molecule has 3 N–H and O–H groups in total. The van der Waals surface area contributed by atoms with E-state index < -0.39 is 24.0 Å². The van der Waals surface area contributed by atoms with Gasteiger partial charge in [0.05, 0.1) is 16.7 Å². The molecule has 0 aliphatic rings. The number of hydrogen-bond acceptors (Lipinski definition) is 3. The largest absolute Gasteiger partial charge is 0.480 e. The number of hydrogen-bond donors (Lipinski definition) is 3. The first-order valence-electron chi connectivity index (χ1n) is 5.31. The fourth-order valence-electron chi connectivity index (χ4n) is 1.43. The standard InChI is InChI=1S/C12H14ClNO4/c1-6-4-3-5-8(9(6)13)11(16)14-10(7(2)15)12(17)18/h3-5,7,10,15H,1-2H3,(H,14,16)(H,17,18). The Balaban J connectivity index is 2.94. The van der Waals surface area contributed by atoms with Crippen molar-refractivity contribution in [2.45, 2.75) is 26.0 Å². The molecule has 0 aromatic heterocycles. The van der Waals surface area contributed by atoms with Gasteiger partial charge >= 0.3 is 5.97 Å². The Morgan fingerprint density at radius 1 is 1.39 bits per heavy atom. The molecule has 1 aromatic rings. The van der Waals surface area contributed by atoms with Gasteiger partial charge in [-0.05, 0) is 25.5 Å². The predicted octanol–water partition coefficient (Wildman–Crippen LogP) is 1.21. The van der Waals surface area contributed by atoms with Gasteiger partial charge in [-0.15, -0.1) is 0 Å². The van der Waals surface area contributed by atoms with Gasteiger partial charge in [0.15, 0.2) is 6.04 Å². The lowest BCUT2D eigenvalue weighted by molar-refractivity contribution is -0.141. The summed E-state index contributed by atoms with van der Waals surface area (Å²) in [7, 11) is 0. The Bertz CT molecular complexity index is 473. The molecule has 98 valence electrons. The molecule has 2 unspecified atom stereocenters. The zero-order valence-electron chi connectivity index (χ0n) is 9.98. The van der Waals surface area contributed by atoms with Crippen LogP contribution in [0.15, 0.2) is 18.2 Å². The Labute approximate surface area is 109 Å². The monoisotopic (exact) mass is 271 g/mol. The molecule has 0 saturated carbocycles. The fourth-order valence-corrected chi connectivity index (χ4v) is 1.64. The predicted molar refractivity (Wildman–Crippen MR) is 66.8 cm³/mol. The number of carbonyl (C=O) groups excluding carboxylic acids is 1. The lowest BCUT2D eigenvalue weighted by atomic mass is 10.1. The third-order valence-corrected chi connectivity index (χ3v) is 2.97. The summed E-state index contributed by atoms with van der Waals surface area (Å²) in [5.41, 5.74) is 0.900. The van der Waals surface area contributed by atoms with E-state index in [0.717, 1.165) is 0 Å². The maximum absolute atomic E-state index is 11.9. The summed E-state index contributed by atoms with van der Waals surface area (Å²) in [4.78, 5) is 22.7. The number of rotatable bonds is 4. The number of carboxylic acids is 1. The molecule has 0 saturated heterocycles. The number of aliphatic hydroxyl groups is 1. The highest BCUT2D eigenvalue weighted by Crippen LogP contribution is 2.20. The van der Waals surface area contributed by atoms with Crippen molar-refractivity contribution in [2.75, 3.05) is 0 Å². The van der Waals surface area contributed by atoms with Crippen LogP contribution >= 0.6 is 11.6 Å². The Morgan fingerprint density at radius 2 is 2.00 bits per heavy atom. The third-order valence-electron chi connectivity index (χ3n) is 2.47. The molecule has 0 bridgehead atoms. The van der Waals surface area contributed by atoms with Crippen LogP contribution in [0.1, 0.15) is 22.8 Å². The number of halogens is 1. The van der Waals surface area contributed by atoms with Gasteiger partial charge in [0, 0.05) is 0 Å². The second-order valence-corrected chi connectivity index (χ2v) is 4.34. The van der Waals surface area contributed by atoms with Crippen LogP contribution in [0.5, 0.6) is 0 Å². The van der Waals surface area contributed by atoms with Crippen molar-refractivity contribution >= 4 is 23.5 Å². The molecule has 0 aliphatic heterocycles. The number of aliphatic carboxylic acids is 1. The lowest BCUT2D eigenvalue weighted by Crippen LogP contribution is -2.47. The first-order chi connectivity index (χ1) is 8.34. The topological polar surface area (TPSA) is 86.6 Å². The molecule has 0 heterocycles. The normalized spacial score (nSPS) is 13.8. The van der Waals surface area contributed by atoms with E-state index in [-0.39, 0.29) is 10.6 Å². The third kappa shape index (κ3) is 3.21. The van der Waals surface area contributed by atoms with Gasteiger partial charge < -0.3 is 15.5 Å². The SMILES string of the molecule is Cc1cccc(C(=O)NC(C(=O)O)C(C)O)c1Cl. The molecule has 0 spiro atoms. The molecule has 0 radical (unpaired) electrons. The van der Waals surface area contributed by atoms with Crippen LogP contribution in [0.25, 0.3) is 0 Å². The highest BCUT2D eigenvalue weighted by Gasteiger charge is 2.26. The van der Waals surface area contributed by atoms with Gasteiger partial charge in [-0.2, -0.15) is 0 Å². The second kappa shape index (κ2) is 5.84. The second-order valence-electron chi connectivity index (χ2n) is 3.97. The molecule has 0 aliphatic carbocycles. The van der Waals surface area contributed by atoms with Crippen LogP contribution in [-0.2, 0) is 4.79 Å². The highest BCUT2D eigenvalue weighted by molar-refractivity contribution is 6.34. The first-order valence-corrected chi connectivity index (χ1v) is 5.69. The summed E-state index contributed by atoms with van der Waals surface area (Å²) in [5, 5.41) is 20.6. The van der Waals surface area contributed by atoms with Crippen molar-refractivity contribution in [1.29, 1.82) is 0 Å². The van der Waals surface area contributed by atoms with E-state index in [1.165, 1.54) is 13.0 Å². The van der Waals surface area contributed by atoms with Crippen molar-refractivity contribution in [2.24, 2.45) is 0 Å². The van der Waals surface area contributed by atoms with Crippen LogP contribution in [0.2, 0.25) is 5.02 Å². The lowest BCUT2D eigenvalue weighted by Gasteiger charge is -2.17. The maximum atomic E-state index is 11.9. The number of benzene rings is 1. The van der Waals surface area contributed by atoms with Gasteiger partial charge in [-0.25, -0.2) is 4.79 Å². The van der Waals surface area contributed by atoms with Gasteiger partial charge in [-0.3, -0.25) is 4.79 Å². The van der Waals surface area contributed by atoms with Crippen molar-refractivity contribution in [3.05, 3.63) is 34.3 Å². The molecule has 1 aromatic carbocycles. The summed E-state index contributed by atoms with van der Waals surface area (Å²) in [6.07, 6.45) is -1.20. The molecule has 2 atom stereocenters. The van der Waals surface area contributed by atoms with Gasteiger partial charge in [0.25, 0.3) is 5.91 Å². The average Bonchev–Trinajstić information content (AvgIpc) is 2.28. The minimum Gasteiger partial charge on any atom is -0.480 e. The molecular weight excluding hydrogens is 258 g/mol. The number of aryl methyl sites for hydroxylation is 1. The van der Waals surface area contributed by atoms with Crippen LogP contribution in [0, 0.1) is 6.92 Å². The van der Waals surface area contributed by atoms with Crippen molar-refractivity contribution in [1.82, 2.24) is 5.32 Å². The Kier molecular flexibility index (Phi) is 4.69. The molecule has 6 heteroatoms. The number of carboxylic acid groups (broad SMARTS) is 1. The van der Waals surface area contributed by atoms with Crippen LogP contribution < -0.4 is 5.32 Å². The van der Waals surface area contributed by atoms with E-state index in [2.05, 4.69) is 5.32 Å². The summed E-state index contributed by atoms with van der Waals surface area (Å²) >= 11 is 5.96. The van der Waals surface area contributed by atoms with Crippen LogP contribution in [0.3, 0.4) is 0 Å². The van der Waals surface area contributed by atoms with Crippen molar-refractivity contribution < 1.29 is 19.8 Å². The van der Waals surface area contributed by atoms with E-state index in [1.807, 2.05) is 0 Å². The number of carbonyl (C=O) groups is 2. The summed E-state index contributed by atoms with van der Waals surface area (Å²) in [5.74, 6) is -1.93. The molecule has 18 heavy (non-hydrogen) atoms. The Hall–Kier alpha value is -1.59. The van der Waals surface area contributed by atoms with E-state index in [1.54, 1.807) is 19.1 Å². The molecule has 1 amide bonds. The highest BCUT2D eigenvalue weighted by atomic mass is 35.5. The van der Waals surface area contributed by atoms with Crippen molar-refractivity contribution in [3.8, 4) is 0 Å². The molecule has 1 rings (SSSR count). The zero-order valence-corrected chi connectivity index (χ0v) is 10.7. The minimum absolute atomic E-state index is 0.184. The van der Waals surface area contributed by atoms with E-state index >= 15 is 0 Å². The van der Waals surface area contributed by atoms with Gasteiger partial charge in [0.1, 0.15) is 0 Å². The average molecular weight is 272 g/mol. The summed E-state index contributed by atoms with van der Waals surface area (Å²) in [6, 6.07) is 3.51. The van der Waals surface area contributed by atoms with E-state index in [0.29, 0.717) is 5.56 Å². The molecule has 0 fully saturated rings. The van der Waals surface area contributed by atoms with E-state index in [9.17, 15) is 14.7 Å². The summed E-state index contributed by atoms with van der Waals surface area (Å²) in [6.45, 7) is 3.03. The van der Waals surface area contributed by atoms with Crippen LogP contribution in [-0.4, -0.2) is 34.2 Å². The number of nitrogens with one attached hydrogen (secondary N) is 1. The van der Waals surface area contributed by atoms with Crippen LogP contribution in [0.4, 0.5) is 0 Å². The van der Waals surface area contributed by atoms with Crippen molar-refractivity contribution in [3.63, 3.8) is 0 Å². The first kappa shape index (κ1) is 14.5. The van der Waals surface area contributed by atoms with Gasteiger partial charge in [-0.1, -0.05) is 23.7 Å². The number of amides is 1. The zero-order chi connectivity index (χ0) is 13.9. The smallest absolute Gasteiger partial charge is 0.328 e. The van der Waals surface area contributed by atoms with Gasteiger partial charge in [0.2, 0.25) is 0 Å². The van der Waals surface area contributed by atoms with E-state index in [4.69, 9.17) is 16.7 Å².